The fourth-order valence-electron chi connectivity index (χ4n) is 2.42. The Morgan fingerprint density at radius 2 is 1.81 bits per heavy atom. The molecule has 2 rings (SSSR count). The van der Waals surface area contributed by atoms with Gasteiger partial charge in [0.2, 0.25) is 0 Å². The molecule has 0 aliphatic rings. The van der Waals surface area contributed by atoms with Crippen molar-refractivity contribution in [2.45, 2.75) is 26.3 Å². The molecule has 7 heteroatoms. The van der Waals surface area contributed by atoms with Crippen LogP contribution in [0.5, 0.6) is 0 Å². The number of benzene rings is 2. The van der Waals surface area contributed by atoms with Gasteiger partial charge in [0.05, 0.1) is 11.0 Å². The average Bonchev–Trinajstić information content (AvgIpc) is 2.66. The van der Waals surface area contributed by atoms with Crippen molar-refractivity contribution in [3.63, 3.8) is 0 Å². The molecule has 0 fully saturated rings. The van der Waals surface area contributed by atoms with Gasteiger partial charge in [0, 0.05) is 6.07 Å². The summed E-state index contributed by atoms with van der Waals surface area (Å²) >= 11 is 0. The summed E-state index contributed by atoms with van der Waals surface area (Å²) in [5, 5.41) is 13.7. The van der Waals surface area contributed by atoms with E-state index in [1.54, 1.807) is 0 Å². The summed E-state index contributed by atoms with van der Waals surface area (Å²) in [6.07, 6.45) is 0.933. The number of hydrogen-bond acceptors (Lipinski definition) is 5. The number of ether oxygens (including phenoxy) is 1. The Hall–Kier alpha value is -3.22. The lowest BCUT2D eigenvalue weighted by Gasteiger charge is -2.15. The Kier molecular flexibility index (Phi) is 6.43. The second kappa shape index (κ2) is 8.75. The summed E-state index contributed by atoms with van der Waals surface area (Å²) in [5.41, 5.74) is 1.59. The van der Waals surface area contributed by atoms with Crippen molar-refractivity contribution in [3.8, 4) is 0 Å². The molecule has 0 unspecified atom stereocenters. The van der Waals surface area contributed by atoms with E-state index < -0.39 is 23.4 Å². The van der Waals surface area contributed by atoms with Crippen LogP contribution in [-0.4, -0.2) is 23.4 Å². The quantitative estimate of drug-likeness (QED) is 0.467. The van der Waals surface area contributed by atoms with Gasteiger partial charge in [-0.3, -0.25) is 14.9 Å². The lowest BCUT2D eigenvalue weighted by atomic mass is 10.1. The number of amides is 1. The molecule has 1 amide bonds. The SMILES string of the molecule is CCc1ccc([C@H](C)NC(=O)COC(=O)c2ccccc2[N+](=O)[O-])cc1. The van der Waals surface area contributed by atoms with Crippen LogP contribution in [0.2, 0.25) is 0 Å². The fraction of sp³-hybridized carbons (Fsp3) is 0.263. The van der Waals surface area contributed by atoms with Crippen LogP contribution < -0.4 is 5.32 Å². The van der Waals surface area contributed by atoms with Gasteiger partial charge in [-0.15, -0.1) is 0 Å². The minimum absolute atomic E-state index is 0.187. The Bertz CT molecular complexity index is 802. The monoisotopic (exact) mass is 356 g/mol. The highest BCUT2D eigenvalue weighted by Gasteiger charge is 2.21. The minimum atomic E-state index is -0.910. The molecule has 1 atom stereocenters. The number of nitro benzene ring substituents is 1. The van der Waals surface area contributed by atoms with Crippen molar-refractivity contribution in [2.75, 3.05) is 6.61 Å². The largest absolute Gasteiger partial charge is 0.452 e. The normalized spacial score (nSPS) is 11.5. The molecule has 0 aromatic heterocycles. The molecule has 2 aromatic carbocycles. The Labute approximate surface area is 151 Å². The number of carbonyl (C=O) groups excluding carboxylic acids is 2. The van der Waals surface area contributed by atoms with E-state index in [0.717, 1.165) is 12.0 Å². The maximum absolute atomic E-state index is 12.0. The first kappa shape index (κ1) is 19.1. The molecule has 26 heavy (non-hydrogen) atoms. The maximum atomic E-state index is 12.0. The van der Waals surface area contributed by atoms with Gasteiger partial charge in [0.1, 0.15) is 5.56 Å². The Balaban J connectivity index is 1.92. The number of nitro groups is 1. The smallest absolute Gasteiger partial charge is 0.345 e. The summed E-state index contributed by atoms with van der Waals surface area (Å²) in [6.45, 7) is 3.37. The molecule has 0 heterocycles. The highest BCUT2D eigenvalue weighted by atomic mass is 16.6. The maximum Gasteiger partial charge on any atom is 0.345 e. The van der Waals surface area contributed by atoms with Gasteiger partial charge in [-0.05, 0) is 30.5 Å². The molecule has 1 N–H and O–H groups in total. The number of rotatable bonds is 7. The Morgan fingerprint density at radius 3 is 2.42 bits per heavy atom. The lowest BCUT2D eigenvalue weighted by molar-refractivity contribution is -0.385. The summed E-state index contributed by atoms with van der Waals surface area (Å²) in [5.74, 6) is -1.39. The fourth-order valence-corrected chi connectivity index (χ4v) is 2.42. The van der Waals surface area contributed by atoms with Crippen molar-refractivity contribution >= 4 is 17.6 Å². The molecule has 0 aliphatic heterocycles. The average molecular weight is 356 g/mol. The summed E-state index contributed by atoms with van der Waals surface area (Å²) in [4.78, 5) is 34.2. The zero-order valence-electron chi connectivity index (χ0n) is 14.6. The van der Waals surface area contributed by atoms with Gasteiger partial charge >= 0.3 is 5.97 Å². The van der Waals surface area contributed by atoms with E-state index in [0.29, 0.717) is 0 Å². The van der Waals surface area contributed by atoms with Crippen molar-refractivity contribution in [1.82, 2.24) is 5.32 Å². The van der Waals surface area contributed by atoms with Crippen LogP contribution in [0.25, 0.3) is 0 Å². The predicted octanol–water partition coefficient (Wildman–Crippen LogP) is 3.19. The molecule has 0 spiro atoms. The number of nitrogens with zero attached hydrogens (tertiary/aromatic N) is 1. The lowest BCUT2D eigenvalue weighted by Crippen LogP contribution is -2.31. The molecular weight excluding hydrogens is 336 g/mol. The second-order valence-electron chi connectivity index (χ2n) is 5.73. The highest BCUT2D eigenvalue weighted by molar-refractivity contribution is 5.95. The molecule has 0 saturated carbocycles. The van der Waals surface area contributed by atoms with E-state index in [1.807, 2.05) is 31.2 Å². The third-order valence-corrected chi connectivity index (χ3v) is 3.92. The molecule has 0 saturated heterocycles. The number of esters is 1. The van der Waals surface area contributed by atoms with Gasteiger partial charge in [0.15, 0.2) is 6.61 Å². The van der Waals surface area contributed by atoms with Gasteiger partial charge < -0.3 is 10.1 Å². The predicted molar refractivity (Wildman–Crippen MR) is 95.8 cm³/mol. The van der Waals surface area contributed by atoms with Crippen molar-refractivity contribution < 1.29 is 19.2 Å². The number of para-hydroxylation sites is 1. The molecule has 2 aromatic rings. The molecule has 136 valence electrons. The van der Waals surface area contributed by atoms with Gasteiger partial charge in [-0.25, -0.2) is 4.79 Å². The molecule has 0 radical (unpaired) electrons. The third kappa shape index (κ3) is 4.89. The van der Waals surface area contributed by atoms with Gasteiger partial charge in [-0.1, -0.05) is 43.3 Å². The first-order chi connectivity index (χ1) is 12.4. The highest BCUT2D eigenvalue weighted by Crippen LogP contribution is 2.18. The molecule has 0 bridgehead atoms. The number of carbonyl (C=O) groups is 2. The van der Waals surface area contributed by atoms with Crippen LogP contribution in [-0.2, 0) is 16.0 Å². The van der Waals surface area contributed by atoms with E-state index in [-0.39, 0.29) is 17.3 Å². The van der Waals surface area contributed by atoms with E-state index in [1.165, 1.54) is 29.8 Å². The van der Waals surface area contributed by atoms with Crippen molar-refractivity contribution in [2.24, 2.45) is 0 Å². The van der Waals surface area contributed by atoms with E-state index in [2.05, 4.69) is 12.2 Å². The number of aryl methyl sites for hydroxylation is 1. The molecule has 7 nitrogen and oxygen atoms in total. The van der Waals surface area contributed by atoms with Gasteiger partial charge in [0.25, 0.3) is 11.6 Å². The van der Waals surface area contributed by atoms with Crippen LogP contribution in [0.4, 0.5) is 5.69 Å². The van der Waals surface area contributed by atoms with E-state index in [4.69, 9.17) is 4.74 Å². The van der Waals surface area contributed by atoms with E-state index >= 15 is 0 Å². The zero-order valence-corrected chi connectivity index (χ0v) is 14.6. The number of nitrogens with one attached hydrogen (secondary N) is 1. The summed E-state index contributed by atoms with van der Waals surface area (Å²) in [7, 11) is 0. The second-order valence-corrected chi connectivity index (χ2v) is 5.73. The first-order valence-electron chi connectivity index (χ1n) is 8.21. The van der Waals surface area contributed by atoms with Crippen LogP contribution >= 0.6 is 0 Å². The molecule has 0 aliphatic carbocycles. The van der Waals surface area contributed by atoms with Crippen LogP contribution in [0, 0.1) is 10.1 Å². The van der Waals surface area contributed by atoms with Gasteiger partial charge in [-0.2, -0.15) is 0 Å². The van der Waals surface area contributed by atoms with Crippen LogP contribution in [0.15, 0.2) is 48.5 Å². The summed E-state index contributed by atoms with van der Waals surface area (Å²) < 4.78 is 4.90. The van der Waals surface area contributed by atoms with E-state index in [9.17, 15) is 19.7 Å². The summed E-state index contributed by atoms with van der Waals surface area (Å²) in [6, 6.07) is 13.0. The van der Waals surface area contributed by atoms with Crippen molar-refractivity contribution in [3.05, 3.63) is 75.3 Å². The molecular formula is C19H20N2O5. The topological polar surface area (TPSA) is 98.5 Å². The minimum Gasteiger partial charge on any atom is -0.452 e. The van der Waals surface area contributed by atoms with Crippen LogP contribution in [0.3, 0.4) is 0 Å². The standard InChI is InChI=1S/C19H20N2O5/c1-3-14-8-10-15(11-9-14)13(2)20-18(22)12-26-19(23)16-6-4-5-7-17(16)21(24)25/h4-11,13H,3,12H2,1-2H3,(H,20,22)/t13-/m0/s1. The third-order valence-electron chi connectivity index (χ3n) is 3.92. The first-order valence-corrected chi connectivity index (χ1v) is 8.21. The van der Waals surface area contributed by atoms with Crippen LogP contribution in [0.1, 0.15) is 41.4 Å². The number of hydrogen-bond donors (Lipinski definition) is 1. The zero-order chi connectivity index (χ0) is 19.1. The van der Waals surface area contributed by atoms with Crippen molar-refractivity contribution in [1.29, 1.82) is 0 Å². The Morgan fingerprint density at radius 1 is 1.15 bits per heavy atom.